The van der Waals surface area contributed by atoms with Gasteiger partial charge in [0.2, 0.25) is 0 Å². The van der Waals surface area contributed by atoms with Gasteiger partial charge in [-0.25, -0.2) is 0 Å². The van der Waals surface area contributed by atoms with Crippen LogP contribution < -0.4 is 9.55 Å². The van der Waals surface area contributed by atoms with Crippen molar-refractivity contribution in [2.75, 3.05) is 16.6 Å². The van der Waals surface area contributed by atoms with E-state index in [1.54, 1.807) is 0 Å². The third-order valence-electron chi connectivity index (χ3n) is 5.00. The highest BCUT2D eigenvalue weighted by Gasteiger charge is 2.52. The SMILES string of the molecule is CC(C)[Si]1(N(C)c2ccccc2)Nc2ccccc2C1C. The number of benzene rings is 2. The Balaban J connectivity index is 2.07. The molecule has 2 aromatic carbocycles. The first kappa shape index (κ1) is 14.2. The molecule has 21 heavy (non-hydrogen) atoms. The molecule has 0 aromatic heterocycles. The quantitative estimate of drug-likeness (QED) is 0.823. The minimum atomic E-state index is -1.88. The molecule has 2 nitrogen and oxygen atoms in total. The number of nitrogens with zero attached hydrogens (tertiary/aromatic N) is 1. The molecule has 3 heteroatoms. The molecular formula is C18H24N2Si. The van der Waals surface area contributed by atoms with Gasteiger partial charge in [-0.05, 0) is 36.4 Å². The van der Waals surface area contributed by atoms with Crippen molar-refractivity contribution in [2.24, 2.45) is 0 Å². The first-order valence-corrected chi connectivity index (χ1v) is 9.83. The molecule has 0 spiro atoms. The van der Waals surface area contributed by atoms with Crippen molar-refractivity contribution in [3.8, 4) is 0 Å². The van der Waals surface area contributed by atoms with Crippen LogP contribution in [-0.4, -0.2) is 15.4 Å². The number of para-hydroxylation sites is 2. The highest BCUT2D eigenvalue weighted by atomic mass is 28.3. The lowest BCUT2D eigenvalue weighted by atomic mass is 10.1. The monoisotopic (exact) mass is 296 g/mol. The molecule has 1 heterocycles. The van der Waals surface area contributed by atoms with Crippen molar-refractivity contribution in [1.29, 1.82) is 0 Å². The van der Waals surface area contributed by atoms with Crippen LogP contribution >= 0.6 is 0 Å². The summed E-state index contributed by atoms with van der Waals surface area (Å²) >= 11 is 0. The highest BCUT2D eigenvalue weighted by molar-refractivity contribution is 6.89. The lowest BCUT2D eigenvalue weighted by Crippen LogP contribution is -2.62. The normalized spacial score (nSPS) is 23.8. The summed E-state index contributed by atoms with van der Waals surface area (Å²) in [6.45, 7) is 7.12. The Hall–Kier alpha value is -1.74. The van der Waals surface area contributed by atoms with Gasteiger partial charge in [0.05, 0.1) is 0 Å². The molecule has 0 saturated heterocycles. The van der Waals surface area contributed by atoms with Gasteiger partial charge in [0, 0.05) is 16.9 Å². The standard InChI is InChI=1S/C18H24N2Si/c1-14(2)21(20(4)16-10-6-5-7-11-16)15(3)17-12-8-9-13-18(17)19-21/h5-15,19H,1-4H3. The molecular weight excluding hydrogens is 272 g/mol. The number of hydrogen-bond acceptors (Lipinski definition) is 2. The molecule has 0 radical (unpaired) electrons. The predicted octanol–water partition coefficient (Wildman–Crippen LogP) is 4.74. The highest BCUT2D eigenvalue weighted by Crippen LogP contribution is 2.47. The van der Waals surface area contributed by atoms with E-state index in [9.17, 15) is 0 Å². The van der Waals surface area contributed by atoms with Crippen molar-refractivity contribution in [3.63, 3.8) is 0 Å². The lowest BCUT2D eigenvalue weighted by Gasteiger charge is -2.44. The lowest BCUT2D eigenvalue weighted by molar-refractivity contribution is 0.895. The van der Waals surface area contributed by atoms with Crippen LogP contribution in [0.2, 0.25) is 5.54 Å². The van der Waals surface area contributed by atoms with Gasteiger partial charge in [-0.3, -0.25) is 0 Å². The zero-order valence-electron chi connectivity index (χ0n) is 13.3. The smallest absolute Gasteiger partial charge is 0.271 e. The molecule has 1 aliphatic rings. The van der Waals surface area contributed by atoms with Crippen molar-refractivity contribution in [3.05, 3.63) is 60.2 Å². The molecule has 2 aromatic rings. The Morgan fingerprint density at radius 2 is 1.62 bits per heavy atom. The summed E-state index contributed by atoms with van der Waals surface area (Å²) in [6.07, 6.45) is 0. The summed E-state index contributed by atoms with van der Waals surface area (Å²) < 4.78 is 2.54. The van der Waals surface area contributed by atoms with E-state index in [0.717, 1.165) is 0 Å². The Morgan fingerprint density at radius 1 is 1.00 bits per heavy atom. The van der Waals surface area contributed by atoms with E-state index < -0.39 is 8.40 Å². The van der Waals surface area contributed by atoms with E-state index in [0.29, 0.717) is 11.1 Å². The van der Waals surface area contributed by atoms with Crippen LogP contribution in [0.25, 0.3) is 0 Å². The molecule has 110 valence electrons. The number of anilines is 2. The van der Waals surface area contributed by atoms with Crippen molar-refractivity contribution < 1.29 is 0 Å². The van der Waals surface area contributed by atoms with E-state index in [1.165, 1.54) is 16.9 Å². The second-order valence-electron chi connectivity index (χ2n) is 6.31. The fraction of sp³-hybridized carbons (Fsp3) is 0.333. The maximum absolute atomic E-state index is 3.96. The Bertz CT molecular complexity index is 626. The maximum atomic E-state index is 3.96. The molecule has 0 saturated carbocycles. The van der Waals surface area contributed by atoms with Crippen LogP contribution in [0.1, 0.15) is 31.9 Å². The third kappa shape index (κ3) is 2.07. The van der Waals surface area contributed by atoms with Gasteiger partial charge in [-0.1, -0.05) is 57.2 Å². The van der Waals surface area contributed by atoms with Crippen molar-refractivity contribution >= 4 is 19.8 Å². The van der Waals surface area contributed by atoms with E-state index in [-0.39, 0.29) is 0 Å². The average Bonchev–Trinajstić information content (AvgIpc) is 2.82. The Morgan fingerprint density at radius 3 is 2.24 bits per heavy atom. The topological polar surface area (TPSA) is 15.3 Å². The molecule has 3 rings (SSSR count). The molecule has 2 unspecified atom stereocenters. The van der Waals surface area contributed by atoms with Gasteiger partial charge in [0.15, 0.2) is 0 Å². The average molecular weight is 296 g/mol. The van der Waals surface area contributed by atoms with Gasteiger partial charge in [0.25, 0.3) is 8.40 Å². The molecule has 0 aliphatic carbocycles. The summed E-state index contributed by atoms with van der Waals surface area (Å²) in [5.41, 5.74) is 5.29. The molecule has 0 fully saturated rings. The summed E-state index contributed by atoms with van der Waals surface area (Å²) in [7, 11) is 0.382. The van der Waals surface area contributed by atoms with Gasteiger partial charge in [0.1, 0.15) is 0 Å². The first-order valence-electron chi connectivity index (χ1n) is 7.73. The van der Waals surface area contributed by atoms with Crippen LogP contribution in [0, 0.1) is 0 Å². The van der Waals surface area contributed by atoms with Crippen LogP contribution in [0.5, 0.6) is 0 Å². The number of hydrogen-bond donors (Lipinski definition) is 1. The van der Waals surface area contributed by atoms with Crippen LogP contribution in [0.3, 0.4) is 0 Å². The van der Waals surface area contributed by atoms with Gasteiger partial charge < -0.3 is 9.55 Å². The summed E-state index contributed by atoms with van der Waals surface area (Å²) in [5.74, 6) is 0. The zero-order valence-corrected chi connectivity index (χ0v) is 14.3. The van der Waals surface area contributed by atoms with Gasteiger partial charge >= 0.3 is 0 Å². The fourth-order valence-corrected chi connectivity index (χ4v) is 8.81. The van der Waals surface area contributed by atoms with Crippen molar-refractivity contribution in [1.82, 2.24) is 0 Å². The van der Waals surface area contributed by atoms with Crippen LogP contribution in [-0.2, 0) is 0 Å². The first-order chi connectivity index (χ1) is 10.1. The third-order valence-corrected chi connectivity index (χ3v) is 10.4. The molecule has 0 bridgehead atoms. The van der Waals surface area contributed by atoms with E-state index in [4.69, 9.17) is 0 Å². The van der Waals surface area contributed by atoms with Gasteiger partial charge in [-0.15, -0.1) is 0 Å². The number of nitrogens with one attached hydrogen (secondary N) is 1. The summed E-state index contributed by atoms with van der Waals surface area (Å²) in [4.78, 5) is 3.96. The summed E-state index contributed by atoms with van der Waals surface area (Å²) in [5, 5.41) is 0. The molecule has 0 amide bonds. The van der Waals surface area contributed by atoms with E-state index >= 15 is 0 Å². The Kier molecular flexibility index (Phi) is 3.53. The maximum Gasteiger partial charge on any atom is 0.271 e. The summed E-state index contributed by atoms with van der Waals surface area (Å²) in [6, 6.07) is 19.6. The second-order valence-corrected chi connectivity index (χ2v) is 10.9. The van der Waals surface area contributed by atoms with E-state index in [2.05, 4.69) is 92.0 Å². The van der Waals surface area contributed by atoms with Gasteiger partial charge in [-0.2, -0.15) is 0 Å². The zero-order chi connectivity index (χ0) is 15.0. The van der Waals surface area contributed by atoms with E-state index in [1.807, 2.05) is 0 Å². The second kappa shape index (κ2) is 5.23. The Labute approximate surface area is 129 Å². The minimum absolute atomic E-state index is 0.568. The predicted molar refractivity (Wildman–Crippen MR) is 94.2 cm³/mol. The molecule has 1 aliphatic heterocycles. The minimum Gasteiger partial charge on any atom is -0.393 e. The van der Waals surface area contributed by atoms with Crippen LogP contribution in [0.15, 0.2) is 54.6 Å². The largest absolute Gasteiger partial charge is 0.393 e. The van der Waals surface area contributed by atoms with Crippen LogP contribution in [0.4, 0.5) is 11.4 Å². The fourth-order valence-electron chi connectivity index (χ4n) is 3.82. The molecule has 2 atom stereocenters. The van der Waals surface area contributed by atoms with Crippen molar-refractivity contribution in [2.45, 2.75) is 31.9 Å². The molecule has 1 N–H and O–H groups in total. The number of fused-ring (bicyclic) bond motifs is 1. The number of rotatable bonds is 3.